The number of carbonyl (C=O) groups is 1. The standard InChI is InChI=1S/C7H5ClO2.Pd/c8-6-4-2-1-3-5(6)7(9)10;/h1-4H,(H,9,10);. The van der Waals surface area contributed by atoms with Crippen LogP contribution in [0.25, 0.3) is 0 Å². The van der Waals surface area contributed by atoms with Gasteiger partial charge in [-0.25, -0.2) is 4.79 Å². The van der Waals surface area contributed by atoms with Crippen LogP contribution in [0.4, 0.5) is 0 Å². The fourth-order valence-electron chi connectivity index (χ4n) is 0.635. The van der Waals surface area contributed by atoms with Gasteiger partial charge in [0.05, 0.1) is 10.6 Å². The second kappa shape index (κ2) is 4.51. The van der Waals surface area contributed by atoms with E-state index in [9.17, 15) is 4.79 Å². The quantitative estimate of drug-likeness (QED) is 0.787. The fraction of sp³-hybridized carbons (Fsp3) is 0. The molecule has 0 atom stereocenters. The minimum Gasteiger partial charge on any atom is -0.478 e. The third kappa shape index (κ3) is 2.63. The molecule has 1 aromatic rings. The Bertz CT molecular complexity index is 262. The zero-order valence-electron chi connectivity index (χ0n) is 5.36. The monoisotopic (exact) mass is 262 g/mol. The predicted octanol–water partition coefficient (Wildman–Crippen LogP) is 2.04. The van der Waals surface area contributed by atoms with Crippen LogP contribution in [0.1, 0.15) is 10.4 Å². The molecule has 0 unspecified atom stereocenters. The molecule has 0 fully saturated rings. The largest absolute Gasteiger partial charge is 0.478 e. The molecule has 0 bridgehead atoms. The van der Waals surface area contributed by atoms with Crippen LogP contribution in [0.15, 0.2) is 24.3 Å². The zero-order valence-corrected chi connectivity index (χ0v) is 7.67. The van der Waals surface area contributed by atoms with Crippen LogP contribution in [-0.4, -0.2) is 11.1 Å². The zero-order chi connectivity index (χ0) is 7.56. The number of carboxylic acids is 1. The topological polar surface area (TPSA) is 37.3 Å². The Morgan fingerprint density at radius 2 is 1.91 bits per heavy atom. The third-order valence-corrected chi connectivity index (χ3v) is 1.43. The van der Waals surface area contributed by atoms with Gasteiger partial charge in [-0.05, 0) is 12.1 Å². The second-order valence-corrected chi connectivity index (χ2v) is 2.19. The minimum atomic E-state index is -0.995. The smallest absolute Gasteiger partial charge is 0.337 e. The SMILES string of the molecule is O=C(O)c1ccccc1Cl.[Pd]. The van der Waals surface area contributed by atoms with Crippen molar-refractivity contribution in [1.29, 1.82) is 0 Å². The summed E-state index contributed by atoms with van der Waals surface area (Å²) in [4.78, 5) is 10.3. The molecule has 0 aliphatic heterocycles. The van der Waals surface area contributed by atoms with Crippen molar-refractivity contribution in [2.75, 3.05) is 0 Å². The van der Waals surface area contributed by atoms with Crippen LogP contribution in [0, 0.1) is 0 Å². The number of benzene rings is 1. The van der Waals surface area contributed by atoms with Crippen LogP contribution >= 0.6 is 11.6 Å². The normalized spacial score (nSPS) is 8.45. The van der Waals surface area contributed by atoms with Crippen LogP contribution in [-0.2, 0) is 20.4 Å². The van der Waals surface area contributed by atoms with Gasteiger partial charge >= 0.3 is 5.97 Å². The first-order valence-corrected chi connectivity index (χ1v) is 3.07. The average molecular weight is 263 g/mol. The summed E-state index contributed by atoms with van der Waals surface area (Å²) in [5.41, 5.74) is 0.143. The molecule has 0 radical (unpaired) electrons. The van der Waals surface area contributed by atoms with Gasteiger partial charge in [-0.2, -0.15) is 0 Å². The number of aromatic carboxylic acids is 1. The maximum absolute atomic E-state index is 10.3. The Morgan fingerprint density at radius 3 is 2.27 bits per heavy atom. The summed E-state index contributed by atoms with van der Waals surface area (Å²) in [5, 5.41) is 8.75. The average Bonchev–Trinajstić information content (AvgIpc) is 1.88. The molecule has 0 amide bonds. The van der Waals surface area contributed by atoms with E-state index in [0.29, 0.717) is 0 Å². The molecule has 62 valence electrons. The molecule has 1 N–H and O–H groups in total. The Balaban J connectivity index is 0.000001000. The van der Waals surface area contributed by atoms with Gasteiger partial charge in [0, 0.05) is 20.4 Å². The van der Waals surface area contributed by atoms with E-state index in [0.717, 1.165) is 0 Å². The number of hydrogen-bond donors (Lipinski definition) is 1. The first-order chi connectivity index (χ1) is 4.72. The number of hydrogen-bond acceptors (Lipinski definition) is 1. The first-order valence-electron chi connectivity index (χ1n) is 2.69. The van der Waals surface area contributed by atoms with Gasteiger partial charge in [0.15, 0.2) is 0 Å². The summed E-state index contributed by atoms with van der Waals surface area (Å²) in [6, 6.07) is 6.33. The minimum absolute atomic E-state index is 0. The van der Waals surface area contributed by atoms with E-state index in [1.54, 1.807) is 18.2 Å². The van der Waals surface area contributed by atoms with E-state index in [1.807, 2.05) is 0 Å². The van der Waals surface area contributed by atoms with E-state index in [4.69, 9.17) is 16.7 Å². The molecule has 0 saturated heterocycles. The summed E-state index contributed by atoms with van der Waals surface area (Å²) < 4.78 is 0. The van der Waals surface area contributed by atoms with Gasteiger partial charge < -0.3 is 5.11 Å². The summed E-state index contributed by atoms with van der Waals surface area (Å²) in [6.45, 7) is 0. The number of rotatable bonds is 1. The van der Waals surface area contributed by atoms with Gasteiger partial charge in [0.1, 0.15) is 0 Å². The molecule has 11 heavy (non-hydrogen) atoms. The van der Waals surface area contributed by atoms with Crippen molar-refractivity contribution < 1.29 is 30.3 Å². The summed E-state index contributed by atoms with van der Waals surface area (Å²) in [7, 11) is 0. The molecule has 0 aliphatic carbocycles. The molecule has 0 spiro atoms. The maximum atomic E-state index is 10.3. The Labute approximate surface area is 82.8 Å². The maximum Gasteiger partial charge on any atom is 0.337 e. The molecule has 0 aliphatic rings. The van der Waals surface area contributed by atoms with Gasteiger partial charge in [-0.15, -0.1) is 0 Å². The molecule has 0 heterocycles. The Morgan fingerprint density at radius 1 is 1.36 bits per heavy atom. The van der Waals surface area contributed by atoms with Crippen molar-refractivity contribution in [1.82, 2.24) is 0 Å². The van der Waals surface area contributed by atoms with Crippen molar-refractivity contribution in [3.63, 3.8) is 0 Å². The van der Waals surface area contributed by atoms with Crippen LogP contribution < -0.4 is 0 Å². The fourth-order valence-corrected chi connectivity index (χ4v) is 0.851. The number of halogens is 1. The van der Waals surface area contributed by atoms with E-state index in [2.05, 4.69) is 0 Å². The second-order valence-electron chi connectivity index (χ2n) is 1.78. The van der Waals surface area contributed by atoms with Gasteiger partial charge in [-0.1, -0.05) is 23.7 Å². The third-order valence-electron chi connectivity index (χ3n) is 1.10. The summed E-state index contributed by atoms with van der Waals surface area (Å²) in [6.07, 6.45) is 0. The van der Waals surface area contributed by atoms with Gasteiger partial charge in [-0.3, -0.25) is 0 Å². The molecule has 4 heteroatoms. The molecule has 2 nitrogen and oxygen atoms in total. The van der Waals surface area contributed by atoms with E-state index < -0.39 is 5.97 Å². The van der Waals surface area contributed by atoms with Crippen molar-refractivity contribution in [2.45, 2.75) is 0 Å². The molecule has 1 aromatic carbocycles. The molecular formula is C7H5ClO2Pd. The summed E-state index contributed by atoms with van der Waals surface area (Å²) >= 11 is 5.54. The number of carboxylic acid groups (broad SMARTS) is 1. The van der Waals surface area contributed by atoms with Crippen molar-refractivity contribution in [3.05, 3.63) is 34.9 Å². The Hall–Kier alpha value is -0.358. The van der Waals surface area contributed by atoms with Crippen molar-refractivity contribution >= 4 is 17.6 Å². The molecule has 0 aromatic heterocycles. The van der Waals surface area contributed by atoms with Gasteiger partial charge in [0.2, 0.25) is 0 Å². The van der Waals surface area contributed by atoms with Crippen LogP contribution in [0.3, 0.4) is 0 Å². The van der Waals surface area contributed by atoms with Crippen molar-refractivity contribution in [2.24, 2.45) is 0 Å². The predicted molar refractivity (Wildman–Crippen MR) is 38.4 cm³/mol. The molecule has 0 saturated carbocycles. The molecular weight excluding hydrogens is 258 g/mol. The van der Waals surface area contributed by atoms with Gasteiger partial charge in [0.25, 0.3) is 0 Å². The van der Waals surface area contributed by atoms with Crippen LogP contribution in [0.2, 0.25) is 5.02 Å². The Kier molecular flexibility index (Phi) is 4.36. The van der Waals surface area contributed by atoms with E-state index in [-0.39, 0.29) is 31.0 Å². The van der Waals surface area contributed by atoms with E-state index >= 15 is 0 Å². The molecule has 1 rings (SSSR count). The van der Waals surface area contributed by atoms with E-state index in [1.165, 1.54) is 6.07 Å². The summed E-state index contributed by atoms with van der Waals surface area (Å²) in [5.74, 6) is -0.995. The van der Waals surface area contributed by atoms with Crippen LogP contribution in [0.5, 0.6) is 0 Å². The van der Waals surface area contributed by atoms with Crippen molar-refractivity contribution in [3.8, 4) is 0 Å². The first kappa shape index (κ1) is 10.6.